The molecule has 4 aromatic rings. The minimum atomic E-state index is 0.910. The van der Waals surface area contributed by atoms with Gasteiger partial charge >= 0.3 is 0 Å². The monoisotopic (exact) mass is 345 g/mol. The van der Waals surface area contributed by atoms with Crippen LogP contribution in [0.5, 0.6) is 0 Å². The van der Waals surface area contributed by atoms with Crippen molar-refractivity contribution < 1.29 is 0 Å². The molecule has 0 spiro atoms. The maximum absolute atomic E-state index is 4.55. The number of nitrogens with zero attached hydrogens (tertiary/aromatic N) is 4. The number of benzene rings is 2. The SMILES string of the molecule is CCN(CC)N(c1ccccc1)c1cc(C)[nH]c2ccc3ncnc3c12. The van der Waals surface area contributed by atoms with Gasteiger partial charge in [-0.1, -0.05) is 32.0 Å². The van der Waals surface area contributed by atoms with Crippen molar-refractivity contribution in [2.45, 2.75) is 20.8 Å². The topological polar surface area (TPSA) is 48.0 Å². The summed E-state index contributed by atoms with van der Waals surface area (Å²) in [6.07, 6.45) is 1.64. The summed E-state index contributed by atoms with van der Waals surface area (Å²) in [5.74, 6) is 0. The van der Waals surface area contributed by atoms with Crippen LogP contribution in [0.2, 0.25) is 0 Å². The van der Waals surface area contributed by atoms with Crippen LogP contribution in [0.1, 0.15) is 19.5 Å². The first-order valence-corrected chi connectivity index (χ1v) is 9.06. The smallest absolute Gasteiger partial charge is 0.116 e. The van der Waals surface area contributed by atoms with E-state index in [0.29, 0.717) is 0 Å². The summed E-state index contributed by atoms with van der Waals surface area (Å²) in [4.78, 5) is 12.4. The predicted octanol–water partition coefficient (Wildman–Crippen LogP) is 4.81. The molecular formula is C21H23N5. The van der Waals surface area contributed by atoms with Crippen LogP contribution in [-0.2, 0) is 0 Å². The van der Waals surface area contributed by atoms with Crippen molar-refractivity contribution in [2.24, 2.45) is 0 Å². The van der Waals surface area contributed by atoms with Crippen LogP contribution in [0.3, 0.4) is 0 Å². The van der Waals surface area contributed by atoms with E-state index in [1.54, 1.807) is 6.33 Å². The maximum Gasteiger partial charge on any atom is 0.116 e. The fourth-order valence-corrected chi connectivity index (χ4v) is 3.55. The van der Waals surface area contributed by atoms with E-state index < -0.39 is 0 Å². The van der Waals surface area contributed by atoms with Gasteiger partial charge in [-0.25, -0.2) is 15.0 Å². The molecule has 0 amide bonds. The molecule has 1 N–H and O–H groups in total. The highest BCUT2D eigenvalue weighted by atomic mass is 15.6. The number of aromatic nitrogens is 3. The lowest BCUT2D eigenvalue weighted by molar-refractivity contribution is 0.310. The lowest BCUT2D eigenvalue weighted by Crippen LogP contribution is -2.39. The molecule has 0 aliphatic rings. The fraction of sp³-hybridized carbons (Fsp3) is 0.238. The van der Waals surface area contributed by atoms with Crippen molar-refractivity contribution in [3.63, 3.8) is 0 Å². The van der Waals surface area contributed by atoms with E-state index in [2.05, 4.69) is 82.1 Å². The highest BCUT2D eigenvalue weighted by Gasteiger charge is 2.20. The van der Waals surface area contributed by atoms with E-state index >= 15 is 0 Å². The molecule has 0 bridgehead atoms. The quantitative estimate of drug-likeness (QED) is 0.527. The summed E-state index contributed by atoms with van der Waals surface area (Å²) < 4.78 is 0. The van der Waals surface area contributed by atoms with Gasteiger partial charge < -0.3 is 4.98 Å². The van der Waals surface area contributed by atoms with Gasteiger partial charge in [-0.05, 0) is 37.3 Å². The van der Waals surface area contributed by atoms with Gasteiger partial charge in [-0.2, -0.15) is 0 Å². The van der Waals surface area contributed by atoms with Gasteiger partial charge in [0.05, 0.1) is 27.8 Å². The standard InChI is InChI=1S/C21H23N5/c1-4-25(5-2)26(16-9-7-6-8-10-16)19-13-15(3)24-17-11-12-18-21(20(17)19)23-14-22-18/h6-14,24H,4-5H2,1-3H3. The van der Waals surface area contributed by atoms with Crippen molar-refractivity contribution in [2.75, 3.05) is 18.1 Å². The molecule has 26 heavy (non-hydrogen) atoms. The Kier molecular flexibility index (Phi) is 4.31. The average molecular weight is 345 g/mol. The minimum absolute atomic E-state index is 0.910. The van der Waals surface area contributed by atoms with Crippen LogP contribution in [-0.4, -0.2) is 33.1 Å². The number of hydrogen-bond donors (Lipinski definition) is 1. The van der Waals surface area contributed by atoms with Gasteiger partial charge in [0.25, 0.3) is 0 Å². The molecule has 0 aliphatic carbocycles. The number of H-pyrrole nitrogens is 1. The lowest BCUT2D eigenvalue weighted by Gasteiger charge is -2.36. The molecule has 0 atom stereocenters. The third-order valence-electron chi connectivity index (χ3n) is 4.72. The van der Waals surface area contributed by atoms with E-state index in [1.807, 2.05) is 12.1 Å². The van der Waals surface area contributed by atoms with Gasteiger partial charge in [0.15, 0.2) is 0 Å². The number of pyridine rings is 1. The van der Waals surface area contributed by atoms with E-state index in [9.17, 15) is 0 Å². The van der Waals surface area contributed by atoms with Crippen LogP contribution in [0.15, 0.2) is 54.9 Å². The zero-order valence-electron chi connectivity index (χ0n) is 15.4. The molecule has 5 nitrogen and oxygen atoms in total. The normalized spacial score (nSPS) is 11.5. The van der Waals surface area contributed by atoms with Gasteiger partial charge in [-0.15, -0.1) is 0 Å². The number of imidazole rings is 1. The Morgan fingerprint density at radius 3 is 2.46 bits per heavy atom. The van der Waals surface area contributed by atoms with E-state index in [-0.39, 0.29) is 0 Å². The Balaban J connectivity index is 2.07. The number of rotatable bonds is 5. The Morgan fingerprint density at radius 2 is 1.73 bits per heavy atom. The van der Waals surface area contributed by atoms with Gasteiger partial charge in [0.1, 0.15) is 11.8 Å². The van der Waals surface area contributed by atoms with E-state index in [0.717, 1.165) is 52.1 Å². The van der Waals surface area contributed by atoms with Crippen LogP contribution in [0.4, 0.5) is 11.4 Å². The number of fused-ring (bicyclic) bond motifs is 3. The Labute approximate surface area is 153 Å². The first kappa shape index (κ1) is 16.5. The van der Waals surface area contributed by atoms with Crippen molar-refractivity contribution >= 4 is 33.3 Å². The molecule has 2 aromatic carbocycles. The van der Waals surface area contributed by atoms with Crippen LogP contribution >= 0.6 is 0 Å². The number of aryl methyl sites for hydroxylation is 1. The third-order valence-corrected chi connectivity index (χ3v) is 4.72. The number of nitrogens with one attached hydrogen (secondary N) is 1. The van der Waals surface area contributed by atoms with Gasteiger partial charge in [0, 0.05) is 18.8 Å². The van der Waals surface area contributed by atoms with Gasteiger partial charge in [-0.3, -0.25) is 5.01 Å². The van der Waals surface area contributed by atoms with Gasteiger partial charge in [0.2, 0.25) is 0 Å². The Morgan fingerprint density at radius 1 is 0.962 bits per heavy atom. The van der Waals surface area contributed by atoms with Crippen LogP contribution < -0.4 is 5.01 Å². The second kappa shape index (κ2) is 6.77. The predicted molar refractivity (Wildman–Crippen MR) is 108 cm³/mol. The summed E-state index contributed by atoms with van der Waals surface area (Å²) >= 11 is 0. The summed E-state index contributed by atoms with van der Waals surface area (Å²) in [5, 5.41) is 5.73. The Hall–Kier alpha value is -2.92. The maximum atomic E-state index is 4.55. The van der Waals surface area contributed by atoms with Crippen molar-refractivity contribution in [1.29, 1.82) is 0 Å². The second-order valence-corrected chi connectivity index (χ2v) is 6.35. The summed E-state index contributed by atoms with van der Waals surface area (Å²) in [7, 11) is 0. The van der Waals surface area contributed by atoms with E-state index in [1.165, 1.54) is 0 Å². The molecule has 0 saturated heterocycles. The first-order chi connectivity index (χ1) is 12.7. The zero-order valence-corrected chi connectivity index (χ0v) is 15.4. The number of hydrazine groups is 1. The number of aromatic amines is 1. The molecular weight excluding hydrogens is 322 g/mol. The summed E-state index contributed by atoms with van der Waals surface area (Å²) in [5.41, 5.74) is 6.29. The molecule has 0 fully saturated rings. The summed E-state index contributed by atoms with van der Waals surface area (Å²) in [6, 6.07) is 16.8. The van der Waals surface area contributed by atoms with Crippen molar-refractivity contribution in [3.05, 3.63) is 60.6 Å². The second-order valence-electron chi connectivity index (χ2n) is 6.35. The fourth-order valence-electron chi connectivity index (χ4n) is 3.55. The van der Waals surface area contributed by atoms with Crippen LogP contribution in [0, 0.1) is 6.92 Å². The molecule has 4 rings (SSSR count). The largest absolute Gasteiger partial charge is 0.358 e. The molecule has 0 radical (unpaired) electrons. The number of anilines is 2. The number of hydrogen-bond acceptors (Lipinski definition) is 4. The minimum Gasteiger partial charge on any atom is -0.358 e. The molecule has 0 aliphatic heterocycles. The lowest BCUT2D eigenvalue weighted by atomic mass is 10.1. The number of para-hydroxylation sites is 1. The Bertz CT molecular complexity index is 1030. The third kappa shape index (κ3) is 2.70. The molecule has 2 heterocycles. The van der Waals surface area contributed by atoms with E-state index in [4.69, 9.17) is 0 Å². The van der Waals surface area contributed by atoms with Crippen molar-refractivity contribution in [3.8, 4) is 0 Å². The molecule has 0 unspecified atom stereocenters. The molecule has 5 heteroatoms. The highest BCUT2D eigenvalue weighted by Crippen LogP contribution is 2.36. The van der Waals surface area contributed by atoms with Crippen LogP contribution in [0.25, 0.3) is 21.9 Å². The summed E-state index contributed by atoms with van der Waals surface area (Å²) in [6.45, 7) is 8.28. The average Bonchev–Trinajstić information content (AvgIpc) is 3.14. The zero-order chi connectivity index (χ0) is 18.1. The molecule has 2 aromatic heterocycles. The first-order valence-electron chi connectivity index (χ1n) is 9.06. The highest BCUT2D eigenvalue weighted by molar-refractivity contribution is 6.10. The molecule has 0 saturated carbocycles. The molecule has 132 valence electrons. The van der Waals surface area contributed by atoms with Crippen molar-refractivity contribution in [1.82, 2.24) is 20.0 Å².